The van der Waals surface area contributed by atoms with Gasteiger partial charge in [-0.1, -0.05) is 25.1 Å². The first-order valence-corrected chi connectivity index (χ1v) is 13.0. The van der Waals surface area contributed by atoms with Gasteiger partial charge in [-0.25, -0.2) is 19.6 Å². The normalized spacial score (nSPS) is 11.1. The number of aliphatic hydroxyl groups excluding tert-OH is 1. The van der Waals surface area contributed by atoms with E-state index < -0.39 is 30.2 Å². The number of carbonyl (C=O) groups is 3. The number of aliphatic hydroxyl groups is 1. The monoisotopic (exact) mass is 658 g/mol. The van der Waals surface area contributed by atoms with Gasteiger partial charge in [0.2, 0.25) is 0 Å². The summed E-state index contributed by atoms with van der Waals surface area (Å²) < 4.78 is 63.5. The number of aliphatic carboxylic acids is 2. The van der Waals surface area contributed by atoms with Gasteiger partial charge in [0.15, 0.2) is 5.65 Å². The lowest BCUT2D eigenvalue weighted by molar-refractivity contribution is -0.193. The van der Waals surface area contributed by atoms with Gasteiger partial charge in [-0.2, -0.15) is 26.3 Å². The van der Waals surface area contributed by atoms with E-state index in [0.717, 1.165) is 28.9 Å². The van der Waals surface area contributed by atoms with Crippen LogP contribution in [0.2, 0.25) is 0 Å². The van der Waals surface area contributed by atoms with Crippen molar-refractivity contribution in [3.8, 4) is 11.4 Å². The number of nitrogens with zero attached hydrogens (tertiary/aromatic N) is 3. The molecule has 0 aliphatic heterocycles. The lowest BCUT2D eigenvalue weighted by atomic mass is 10.1. The van der Waals surface area contributed by atoms with Crippen LogP contribution >= 0.6 is 0 Å². The van der Waals surface area contributed by atoms with E-state index in [0.29, 0.717) is 34.8 Å². The molecule has 0 aliphatic rings. The molecular formula is C28H28F6N6O6. The molecule has 12 nitrogen and oxygen atoms in total. The SMILES string of the molecule is CCc1ccccc1Nc1c(C(N)=O)cnc2nc(-c3ccc(N(C)CCO)cc3)[nH]c12.O=C(O)C(F)(F)F.O=C(O)C(F)(F)F. The minimum Gasteiger partial charge on any atom is -0.475 e. The molecule has 0 spiro atoms. The van der Waals surface area contributed by atoms with Crippen LogP contribution in [-0.2, 0) is 16.0 Å². The second-order valence-corrected chi connectivity index (χ2v) is 9.13. The standard InChI is InChI=1S/C24H26N6O2.2C2HF3O2/c1-3-15-6-4-5-7-19(15)27-20-18(22(25)32)14-26-24-21(20)28-23(29-24)16-8-10-17(11-9-16)30(2)12-13-31;2*3-2(4,5)1(6)7/h4-11,14,31H,3,12-13H2,1-2H3,(H2,25,32)(H2,26,27,28,29);2*(H,6,7). The predicted octanol–water partition coefficient (Wildman–Crippen LogP) is 4.72. The highest BCUT2D eigenvalue weighted by Gasteiger charge is 2.38. The third-order valence-electron chi connectivity index (χ3n) is 5.95. The molecule has 0 saturated carbocycles. The maximum Gasteiger partial charge on any atom is 0.490 e. The van der Waals surface area contributed by atoms with Crippen molar-refractivity contribution >= 4 is 46.1 Å². The van der Waals surface area contributed by atoms with Crippen molar-refractivity contribution in [3.05, 3.63) is 65.9 Å². The maximum atomic E-state index is 12.1. The molecule has 0 fully saturated rings. The van der Waals surface area contributed by atoms with Crippen LogP contribution in [0.4, 0.5) is 43.4 Å². The molecule has 0 bridgehead atoms. The second kappa shape index (κ2) is 15.6. The van der Waals surface area contributed by atoms with Crippen molar-refractivity contribution in [1.82, 2.24) is 15.0 Å². The van der Waals surface area contributed by atoms with Gasteiger partial charge < -0.3 is 36.3 Å². The van der Waals surface area contributed by atoms with Crippen molar-refractivity contribution in [2.75, 3.05) is 30.4 Å². The largest absolute Gasteiger partial charge is 0.490 e. The smallest absolute Gasteiger partial charge is 0.475 e. The fraction of sp³-hybridized carbons (Fsp3) is 0.250. The van der Waals surface area contributed by atoms with E-state index in [1.807, 2.05) is 60.5 Å². The molecule has 248 valence electrons. The average molecular weight is 659 g/mol. The van der Waals surface area contributed by atoms with E-state index in [2.05, 4.69) is 27.2 Å². The summed E-state index contributed by atoms with van der Waals surface area (Å²) in [5.41, 5.74) is 11.5. The summed E-state index contributed by atoms with van der Waals surface area (Å²) in [6.07, 6.45) is -7.87. The number of primary amides is 1. The summed E-state index contributed by atoms with van der Waals surface area (Å²) in [5.74, 6) is -5.44. The summed E-state index contributed by atoms with van der Waals surface area (Å²) in [6, 6.07) is 15.8. The van der Waals surface area contributed by atoms with Gasteiger partial charge in [0.05, 0.1) is 17.9 Å². The van der Waals surface area contributed by atoms with E-state index in [-0.39, 0.29) is 6.61 Å². The first-order chi connectivity index (χ1) is 21.4. The molecule has 0 radical (unpaired) electrons. The quantitative estimate of drug-likeness (QED) is 0.144. The van der Waals surface area contributed by atoms with Crippen LogP contribution in [0, 0.1) is 0 Å². The van der Waals surface area contributed by atoms with Crippen LogP contribution < -0.4 is 16.0 Å². The Hall–Kier alpha value is -5.39. The molecule has 0 aliphatic carbocycles. The molecule has 2 aromatic heterocycles. The maximum absolute atomic E-state index is 12.1. The van der Waals surface area contributed by atoms with Crippen LogP contribution in [0.5, 0.6) is 0 Å². The van der Waals surface area contributed by atoms with Gasteiger partial charge in [-0.15, -0.1) is 0 Å². The Morgan fingerprint density at radius 1 is 0.957 bits per heavy atom. The molecule has 0 unspecified atom stereocenters. The average Bonchev–Trinajstić information content (AvgIpc) is 3.42. The first-order valence-electron chi connectivity index (χ1n) is 13.0. The van der Waals surface area contributed by atoms with Crippen LogP contribution in [0.25, 0.3) is 22.6 Å². The van der Waals surface area contributed by atoms with Gasteiger partial charge in [0.1, 0.15) is 11.3 Å². The summed E-state index contributed by atoms with van der Waals surface area (Å²) >= 11 is 0. The number of likely N-dealkylation sites (N-methyl/N-ethyl adjacent to an activating group) is 1. The Morgan fingerprint density at radius 3 is 1.98 bits per heavy atom. The zero-order valence-electron chi connectivity index (χ0n) is 24.1. The molecule has 18 heteroatoms. The third kappa shape index (κ3) is 10.1. The molecule has 2 aromatic carbocycles. The molecule has 2 heterocycles. The number of carbonyl (C=O) groups excluding carboxylic acids is 1. The Bertz CT molecular complexity index is 1630. The third-order valence-corrected chi connectivity index (χ3v) is 5.95. The fourth-order valence-corrected chi connectivity index (χ4v) is 3.65. The van der Waals surface area contributed by atoms with E-state index in [4.69, 9.17) is 30.6 Å². The van der Waals surface area contributed by atoms with Gasteiger partial charge >= 0.3 is 24.3 Å². The number of aromatic amines is 1. The summed E-state index contributed by atoms with van der Waals surface area (Å²) in [4.78, 5) is 44.2. The topological polar surface area (TPSA) is 195 Å². The Kier molecular flexibility index (Phi) is 12.4. The van der Waals surface area contributed by atoms with E-state index in [1.54, 1.807) is 0 Å². The summed E-state index contributed by atoms with van der Waals surface area (Å²) in [5, 5.41) is 26.8. The van der Waals surface area contributed by atoms with Gasteiger partial charge in [-0.05, 0) is 42.3 Å². The number of nitrogens with two attached hydrogens (primary N) is 1. The van der Waals surface area contributed by atoms with E-state index >= 15 is 0 Å². The molecule has 4 rings (SSSR count). The number of H-pyrrole nitrogens is 1. The fourth-order valence-electron chi connectivity index (χ4n) is 3.65. The van der Waals surface area contributed by atoms with E-state index in [1.165, 1.54) is 6.20 Å². The highest BCUT2D eigenvalue weighted by Crippen LogP contribution is 2.31. The number of nitrogens with one attached hydrogen (secondary N) is 2. The number of rotatable bonds is 8. The lowest BCUT2D eigenvalue weighted by Crippen LogP contribution is -2.21. The van der Waals surface area contributed by atoms with Gasteiger partial charge in [0, 0.05) is 36.7 Å². The number of hydrogen-bond donors (Lipinski definition) is 6. The molecule has 4 aromatic rings. The predicted molar refractivity (Wildman–Crippen MR) is 155 cm³/mol. The summed E-state index contributed by atoms with van der Waals surface area (Å²) in [7, 11) is 1.92. The lowest BCUT2D eigenvalue weighted by Gasteiger charge is -2.17. The minimum absolute atomic E-state index is 0.0899. The minimum atomic E-state index is -5.08. The highest BCUT2D eigenvalue weighted by atomic mass is 19.4. The zero-order chi connectivity index (χ0) is 34.8. The molecule has 0 saturated heterocycles. The molecular weight excluding hydrogens is 630 g/mol. The zero-order valence-corrected chi connectivity index (χ0v) is 24.1. The second-order valence-electron chi connectivity index (χ2n) is 9.13. The Labute approximate surface area is 256 Å². The van der Waals surface area contributed by atoms with Crippen molar-refractivity contribution < 1.29 is 56.0 Å². The number of anilines is 3. The number of carboxylic acids is 2. The number of fused-ring (bicyclic) bond motifs is 1. The van der Waals surface area contributed by atoms with Crippen molar-refractivity contribution in [2.45, 2.75) is 25.7 Å². The number of para-hydroxylation sites is 1. The number of amides is 1. The molecule has 0 atom stereocenters. The van der Waals surface area contributed by atoms with E-state index in [9.17, 15) is 31.1 Å². The first kappa shape index (κ1) is 36.8. The molecule has 7 N–H and O–H groups in total. The highest BCUT2D eigenvalue weighted by molar-refractivity contribution is 6.06. The number of imidazole rings is 1. The Morgan fingerprint density at radius 2 is 1.50 bits per heavy atom. The number of hydrogen-bond acceptors (Lipinski definition) is 8. The Balaban J connectivity index is 0.000000440. The van der Waals surface area contributed by atoms with Gasteiger partial charge in [0.25, 0.3) is 5.91 Å². The van der Waals surface area contributed by atoms with Gasteiger partial charge in [-0.3, -0.25) is 4.79 Å². The van der Waals surface area contributed by atoms with Crippen molar-refractivity contribution in [1.29, 1.82) is 0 Å². The number of aryl methyl sites for hydroxylation is 1. The van der Waals surface area contributed by atoms with Crippen LogP contribution in [-0.4, -0.2) is 80.7 Å². The van der Waals surface area contributed by atoms with Crippen LogP contribution in [0.15, 0.2) is 54.7 Å². The number of aromatic nitrogens is 3. The number of benzene rings is 2. The number of alkyl halides is 6. The van der Waals surface area contributed by atoms with Crippen LogP contribution in [0.1, 0.15) is 22.8 Å². The number of halogens is 6. The van der Waals surface area contributed by atoms with Crippen LogP contribution in [0.3, 0.4) is 0 Å². The molecule has 1 amide bonds. The summed E-state index contributed by atoms with van der Waals surface area (Å²) in [6.45, 7) is 2.72. The number of carboxylic acid groups (broad SMARTS) is 2. The number of pyridine rings is 1. The molecule has 46 heavy (non-hydrogen) atoms. The van der Waals surface area contributed by atoms with Crippen molar-refractivity contribution in [3.63, 3.8) is 0 Å². The van der Waals surface area contributed by atoms with Crippen molar-refractivity contribution in [2.24, 2.45) is 5.73 Å².